The van der Waals surface area contributed by atoms with Crippen molar-refractivity contribution >= 4 is 11.7 Å². The van der Waals surface area contributed by atoms with Crippen LogP contribution in [-0.2, 0) is 4.74 Å². The van der Waals surface area contributed by atoms with Crippen LogP contribution in [0.1, 0.15) is 36.3 Å². The smallest absolute Gasteiger partial charge is 0.339 e. The second-order valence-electron chi connectivity index (χ2n) is 4.93. The van der Waals surface area contributed by atoms with Crippen molar-refractivity contribution in [2.45, 2.75) is 27.2 Å². The van der Waals surface area contributed by atoms with Crippen molar-refractivity contribution in [1.82, 2.24) is 4.98 Å². The number of aromatic nitrogens is 1. The molecular weight excluding hydrogens is 244 g/mol. The number of hydrogen-bond acceptors (Lipinski definition) is 4. The molecular formula is C14H22N2O3. The number of carbonyl (C=O) groups is 1. The normalized spacial score (nSPS) is 10.7. The minimum absolute atomic E-state index is 0.202. The Morgan fingerprint density at radius 1 is 1.53 bits per heavy atom. The quantitative estimate of drug-likeness (QED) is 0.708. The molecule has 0 fully saturated rings. The van der Waals surface area contributed by atoms with E-state index in [1.165, 1.54) is 6.20 Å². The zero-order valence-electron chi connectivity index (χ0n) is 11.8. The van der Waals surface area contributed by atoms with Gasteiger partial charge in [0, 0.05) is 31.6 Å². The van der Waals surface area contributed by atoms with Gasteiger partial charge in [-0.15, -0.1) is 0 Å². The SMILES string of the molecule is Cc1cc(NCCCOCC(C)C)c(C(=O)O)cn1. The van der Waals surface area contributed by atoms with Gasteiger partial charge in [-0.3, -0.25) is 4.98 Å². The van der Waals surface area contributed by atoms with Gasteiger partial charge in [0.1, 0.15) is 5.56 Å². The van der Waals surface area contributed by atoms with Crippen molar-refractivity contribution in [2.24, 2.45) is 5.92 Å². The van der Waals surface area contributed by atoms with Gasteiger partial charge >= 0.3 is 5.97 Å². The van der Waals surface area contributed by atoms with Crippen molar-refractivity contribution in [3.8, 4) is 0 Å². The third-order valence-electron chi connectivity index (χ3n) is 2.50. The molecule has 0 saturated heterocycles. The number of aryl methyl sites for hydroxylation is 1. The highest BCUT2D eigenvalue weighted by Crippen LogP contribution is 2.15. The number of nitrogens with one attached hydrogen (secondary N) is 1. The number of rotatable bonds is 8. The van der Waals surface area contributed by atoms with Crippen molar-refractivity contribution < 1.29 is 14.6 Å². The summed E-state index contributed by atoms with van der Waals surface area (Å²) in [6.07, 6.45) is 2.22. The molecule has 0 aromatic carbocycles. The third-order valence-corrected chi connectivity index (χ3v) is 2.50. The molecule has 0 aliphatic carbocycles. The average molecular weight is 266 g/mol. The summed E-state index contributed by atoms with van der Waals surface area (Å²) in [5.41, 5.74) is 1.61. The van der Waals surface area contributed by atoms with Gasteiger partial charge in [0.25, 0.3) is 0 Å². The fraction of sp³-hybridized carbons (Fsp3) is 0.571. The second kappa shape index (κ2) is 7.74. The molecule has 106 valence electrons. The Morgan fingerprint density at radius 2 is 2.26 bits per heavy atom. The number of ether oxygens (including phenoxy) is 1. The molecule has 5 heteroatoms. The van der Waals surface area contributed by atoms with Crippen LogP contribution >= 0.6 is 0 Å². The fourth-order valence-electron chi connectivity index (χ4n) is 1.59. The van der Waals surface area contributed by atoms with Crippen molar-refractivity contribution in [2.75, 3.05) is 25.1 Å². The van der Waals surface area contributed by atoms with Gasteiger partial charge in [0.05, 0.1) is 5.69 Å². The van der Waals surface area contributed by atoms with Crippen molar-refractivity contribution in [3.63, 3.8) is 0 Å². The van der Waals surface area contributed by atoms with E-state index in [-0.39, 0.29) is 5.56 Å². The molecule has 19 heavy (non-hydrogen) atoms. The number of anilines is 1. The van der Waals surface area contributed by atoms with E-state index in [4.69, 9.17) is 9.84 Å². The maximum absolute atomic E-state index is 11.0. The first-order chi connectivity index (χ1) is 9.00. The first-order valence-corrected chi connectivity index (χ1v) is 6.52. The molecule has 0 saturated carbocycles. The van der Waals surface area contributed by atoms with E-state index in [1.54, 1.807) is 6.07 Å². The van der Waals surface area contributed by atoms with Gasteiger partial charge in [0.15, 0.2) is 0 Å². The molecule has 0 aliphatic heterocycles. The van der Waals surface area contributed by atoms with Crippen LogP contribution < -0.4 is 5.32 Å². The van der Waals surface area contributed by atoms with Crippen LogP contribution in [0.3, 0.4) is 0 Å². The summed E-state index contributed by atoms with van der Waals surface area (Å²) in [5.74, 6) is -0.430. The summed E-state index contributed by atoms with van der Waals surface area (Å²) in [5, 5.41) is 12.2. The van der Waals surface area contributed by atoms with Gasteiger partial charge < -0.3 is 15.2 Å². The predicted octanol–water partition coefficient (Wildman–Crippen LogP) is 2.56. The lowest BCUT2D eigenvalue weighted by Crippen LogP contribution is -2.11. The topological polar surface area (TPSA) is 71.5 Å². The molecule has 0 spiro atoms. The van der Waals surface area contributed by atoms with Crippen LogP contribution in [-0.4, -0.2) is 35.8 Å². The summed E-state index contributed by atoms with van der Waals surface area (Å²) in [7, 11) is 0. The summed E-state index contributed by atoms with van der Waals surface area (Å²) in [6, 6.07) is 1.75. The van der Waals surface area contributed by atoms with Crippen LogP contribution in [0.15, 0.2) is 12.3 Å². The highest BCUT2D eigenvalue weighted by atomic mass is 16.5. The number of nitrogens with zero attached hydrogens (tertiary/aromatic N) is 1. The van der Waals surface area contributed by atoms with Crippen molar-refractivity contribution in [3.05, 3.63) is 23.5 Å². The van der Waals surface area contributed by atoms with E-state index in [0.29, 0.717) is 24.8 Å². The molecule has 2 N–H and O–H groups in total. The van der Waals surface area contributed by atoms with E-state index in [0.717, 1.165) is 18.7 Å². The third kappa shape index (κ3) is 5.70. The molecule has 0 unspecified atom stereocenters. The Bertz CT molecular complexity index is 419. The largest absolute Gasteiger partial charge is 0.478 e. The molecule has 1 aromatic rings. The monoisotopic (exact) mass is 266 g/mol. The van der Waals surface area contributed by atoms with Gasteiger partial charge in [-0.1, -0.05) is 13.8 Å². The first-order valence-electron chi connectivity index (χ1n) is 6.52. The van der Waals surface area contributed by atoms with Crippen molar-refractivity contribution in [1.29, 1.82) is 0 Å². The lowest BCUT2D eigenvalue weighted by atomic mass is 10.2. The predicted molar refractivity (Wildman–Crippen MR) is 74.7 cm³/mol. The minimum Gasteiger partial charge on any atom is -0.478 e. The summed E-state index contributed by atoms with van der Waals surface area (Å²) >= 11 is 0. The summed E-state index contributed by atoms with van der Waals surface area (Å²) in [4.78, 5) is 15.0. The Kier molecular flexibility index (Phi) is 6.29. The van der Waals surface area contributed by atoms with Crippen LogP contribution in [0, 0.1) is 12.8 Å². The van der Waals surface area contributed by atoms with Gasteiger partial charge in [0.2, 0.25) is 0 Å². The zero-order chi connectivity index (χ0) is 14.3. The molecule has 0 radical (unpaired) electrons. The molecule has 1 rings (SSSR count). The number of carboxylic acid groups (broad SMARTS) is 1. The van der Waals surface area contributed by atoms with Gasteiger partial charge in [-0.25, -0.2) is 4.79 Å². The van der Waals surface area contributed by atoms with Crippen LogP contribution in [0.2, 0.25) is 0 Å². The van der Waals surface area contributed by atoms with Crippen LogP contribution in [0.5, 0.6) is 0 Å². The molecule has 5 nitrogen and oxygen atoms in total. The Morgan fingerprint density at radius 3 is 2.89 bits per heavy atom. The molecule has 1 aromatic heterocycles. The van der Waals surface area contributed by atoms with Gasteiger partial charge in [-0.2, -0.15) is 0 Å². The van der Waals surface area contributed by atoms with E-state index >= 15 is 0 Å². The first kappa shape index (κ1) is 15.4. The van der Waals surface area contributed by atoms with Crippen LogP contribution in [0.25, 0.3) is 0 Å². The highest BCUT2D eigenvalue weighted by molar-refractivity contribution is 5.93. The number of pyridine rings is 1. The maximum Gasteiger partial charge on any atom is 0.339 e. The lowest BCUT2D eigenvalue weighted by Gasteiger charge is -2.11. The minimum atomic E-state index is -0.967. The molecule has 0 atom stereocenters. The van der Waals surface area contributed by atoms with E-state index < -0.39 is 5.97 Å². The lowest BCUT2D eigenvalue weighted by molar-refractivity contribution is 0.0697. The molecule has 0 aliphatic rings. The summed E-state index contributed by atoms with van der Waals surface area (Å²) in [6.45, 7) is 8.17. The second-order valence-corrected chi connectivity index (χ2v) is 4.93. The number of carboxylic acids is 1. The zero-order valence-corrected chi connectivity index (χ0v) is 11.8. The van der Waals surface area contributed by atoms with Gasteiger partial charge in [-0.05, 0) is 25.3 Å². The molecule has 0 amide bonds. The summed E-state index contributed by atoms with van der Waals surface area (Å²) < 4.78 is 5.47. The standard InChI is InChI=1S/C14H22N2O3/c1-10(2)9-19-6-4-5-15-13-7-11(3)16-8-12(13)14(17)18/h7-8,10H,4-6,9H2,1-3H3,(H,15,16)(H,17,18). The maximum atomic E-state index is 11.0. The van der Waals surface area contributed by atoms with Crippen LogP contribution in [0.4, 0.5) is 5.69 Å². The number of hydrogen-bond donors (Lipinski definition) is 2. The average Bonchev–Trinajstić information content (AvgIpc) is 2.33. The van der Waals surface area contributed by atoms with E-state index in [9.17, 15) is 4.79 Å². The van der Waals surface area contributed by atoms with E-state index in [2.05, 4.69) is 24.1 Å². The van der Waals surface area contributed by atoms with E-state index in [1.807, 2.05) is 6.92 Å². The Balaban J connectivity index is 2.40. The molecule has 0 bridgehead atoms. The highest BCUT2D eigenvalue weighted by Gasteiger charge is 2.10. The Hall–Kier alpha value is -1.62. The Labute approximate surface area is 114 Å². The molecule has 1 heterocycles. The fourth-order valence-corrected chi connectivity index (χ4v) is 1.59. The number of aromatic carboxylic acids is 1.